The molecular weight excluding hydrogens is 224 g/mol. The normalized spacial score (nSPS) is 10.8. The Kier molecular flexibility index (Phi) is 2.82. The lowest BCUT2D eigenvalue weighted by molar-refractivity contribution is 0.475. The zero-order valence-corrected chi connectivity index (χ0v) is 8.57. The van der Waals surface area contributed by atoms with Crippen molar-refractivity contribution in [3.63, 3.8) is 0 Å². The van der Waals surface area contributed by atoms with Crippen molar-refractivity contribution in [2.45, 2.75) is 0 Å². The molecule has 2 rings (SSSR count). The van der Waals surface area contributed by atoms with E-state index in [1.807, 2.05) is 0 Å². The molecule has 2 N–H and O–H groups in total. The average molecular weight is 232 g/mol. The Hall–Kier alpha value is -2.70. The van der Waals surface area contributed by atoms with Gasteiger partial charge in [0.25, 0.3) is 5.56 Å². The maximum absolute atomic E-state index is 11.3. The van der Waals surface area contributed by atoms with Crippen molar-refractivity contribution in [3.8, 4) is 5.75 Å². The van der Waals surface area contributed by atoms with Crippen LogP contribution in [0.2, 0.25) is 0 Å². The van der Waals surface area contributed by atoms with E-state index in [1.54, 1.807) is 0 Å². The quantitative estimate of drug-likeness (QED) is 0.748. The molecule has 0 fully saturated rings. The van der Waals surface area contributed by atoms with Crippen LogP contribution in [0.3, 0.4) is 0 Å². The molecule has 0 amide bonds. The number of benzene rings is 1. The van der Waals surface area contributed by atoms with Crippen molar-refractivity contribution in [3.05, 3.63) is 57.4 Å². The highest BCUT2D eigenvalue weighted by molar-refractivity contribution is 5.39. The molecule has 86 valence electrons. The lowest BCUT2D eigenvalue weighted by Gasteiger charge is -1.94. The predicted molar refractivity (Wildman–Crippen MR) is 59.3 cm³/mol. The van der Waals surface area contributed by atoms with Gasteiger partial charge < -0.3 is 10.1 Å². The summed E-state index contributed by atoms with van der Waals surface area (Å²) in [7, 11) is 0. The third-order valence-electron chi connectivity index (χ3n) is 1.93. The van der Waals surface area contributed by atoms with E-state index in [9.17, 15) is 9.59 Å². The number of hydrogen-bond acceptors (Lipinski definition) is 5. The molecule has 0 saturated carbocycles. The van der Waals surface area contributed by atoms with Crippen molar-refractivity contribution < 1.29 is 5.11 Å². The van der Waals surface area contributed by atoms with Gasteiger partial charge in [-0.05, 0) is 24.3 Å². The Morgan fingerprint density at radius 1 is 1.12 bits per heavy atom. The van der Waals surface area contributed by atoms with Gasteiger partial charge in [0.2, 0.25) is 0 Å². The summed E-state index contributed by atoms with van der Waals surface area (Å²) in [5.41, 5.74) is -0.825. The highest BCUT2D eigenvalue weighted by Crippen LogP contribution is 2.16. The number of aromatic hydroxyl groups is 1. The highest BCUT2D eigenvalue weighted by Gasteiger charge is 1.97. The number of H-pyrrole nitrogens is 1. The van der Waals surface area contributed by atoms with Crippen molar-refractivity contribution in [2.75, 3.05) is 0 Å². The fraction of sp³-hybridized carbons (Fsp3) is 0. The number of aromatic amines is 1. The second kappa shape index (κ2) is 4.44. The van der Waals surface area contributed by atoms with E-state index < -0.39 is 11.2 Å². The van der Waals surface area contributed by atoms with Gasteiger partial charge in [0.05, 0.1) is 5.69 Å². The van der Waals surface area contributed by atoms with Crippen LogP contribution in [-0.2, 0) is 0 Å². The number of phenols is 1. The minimum absolute atomic E-state index is 0.0960. The van der Waals surface area contributed by atoms with Gasteiger partial charge in [0, 0.05) is 12.3 Å². The van der Waals surface area contributed by atoms with E-state index in [2.05, 4.69) is 15.3 Å². The molecule has 0 aliphatic rings. The Bertz CT molecular complexity index is 626. The van der Waals surface area contributed by atoms with Crippen molar-refractivity contribution in [1.82, 2.24) is 9.66 Å². The fourth-order valence-corrected chi connectivity index (χ4v) is 1.12. The van der Waals surface area contributed by atoms with E-state index in [-0.39, 0.29) is 5.75 Å². The summed E-state index contributed by atoms with van der Waals surface area (Å²) >= 11 is 0. The Labute approximate surface area is 94.7 Å². The minimum Gasteiger partial charge on any atom is -0.508 e. The SMILES string of the molecule is O=c1cc[nH]c(=O)n1N=Nc1ccc(O)cc1. The molecule has 7 heteroatoms. The van der Waals surface area contributed by atoms with Gasteiger partial charge in [-0.2, -0.15) is 0 Å². The molecule has 1 heterocycles. The van der Waals surface area contributed by atoms with E-state index in [4.69, 9.17) is 5.11 Å². The first-order chi connectivity index (χ1) is 8.16. The monoisotopic (exact) mass is 232 g/mol. The molecule has 0 aliphatic carbocycles. The molecule has 1 aromatic carbocycles. The lowest BCUT2D eigenvalue weighted by atomic mass is 10.3. The topological polar surface area (TPSA) is 99.8 Å². The number of nitrogens with zero attached hydrogens (tertiary/aromatic N) is 3. The second-order valence-electron chi connectivity index (χ2n) is 3.14. The highest BCUT2D eigenvalue weighted by atomic mass is 16.3. The van der Waals surface area contributed by atoms with Crippen molar-refractivity contribution in [1.29, 1.82) is 0 Å². The van der Waals surface area contributed by atoms with Crippen LogP contribution in [0.4, 0.5) is 5.69 Å². The maximum atomic E-state index is 11.3. The molecule has 2 aromatic rings. The molecule has 0 aliphatic heterocycles. The summed E-state index contributed by atoms with van der Waals surface area (Å²) in [6.45, 7) is 0. The molecule has 0 atom stereocenters. The standard InChI is InChI=1S/C10H8N4O3/c15-8-3-1-7(2-4-8)12-13-14-9(16)5-6-11-10(14)17/h1-6,15H,(H,11,17). The third kappa shape index (κ3) is 2.46. The molecule has 17 heavy (non-hydrogen) atoms. The summed E-state index contributed by atoms with van der Waals surface area (Å²) in [6.07, 6.45) is 1.23. The number of nitrogens with one attached hydrogen (secondary N) is 1. The van der Waals surface area contributed by atoms with Crippen molar-refractivity contribution >= 4 is 5.69 Å². The summed E-state index contributed by atoms with van der Waals surface area (Å²) in [5.74, 6) is 0.0960. The van der Waals surface area contributed by atoms with Crippen LogP contribution in [0.15, 0.2) is 56.5 Å². The molecule has 0 radical (unpaired) electrons. The van der Waals surface area contributed by atoms with Gasteiger partial charge in [0.15, 0.2) is 0 Å². The average Bonchev–Trinajstić information content (AvgIpc) is 2.31. The smallest absolute Gasteiger partial charge is 0.350 e. The Morgan fingerprint density at radius 3 is 2.47 bits per heavy atom. The Balaban J connectivity index is 2.36. The van der Waals surface area contributed by atoms with E-state index >= 15 is 0 Å². The first-order valence-corrected chi connectivity index (χ1v) is 4.68. The lowest BCUT2D eigenvalue weighted by Crippen LogP contribution is -2.30. The number of phenolic OH excluding ortho intramolecular Hbond substituents is 1. The van der Waals surface area contributed by atoms with Crippen LogP contribution in [0.1, 0.15) is 0 Å². The molecule has 1 aromatic heterocycles. The van der Waals surface area contributed by atoms with Gasteiger partial charge in [-0.3, -0.25) is 4.79 Å². The van der Waals surface area contributed by atoms with Crippen molar-refractivity contribution in [2.24, 2.45) is 10.3 Å². The van der Waals surface area contributed by atoms with Crippen LogP contribution < -0.4 is 11.2 Å². The third-order valence-corrected chi connectivity index (χ3v) is 1.93. The molecule has 0 bridgehead atoms. The molecule has 7 nitrogen and oxygen atoms in total. The van der Waals surface area contributed by atoms with Gasteiger partial charge >= 0.3 is 5.69 Å². The summed E-state index contributed by atoms with van der Waals surface area (Å²) in [4.78, 5) is 24.8. The van der Waals surface area contributed by atoms with Gasteiger partial charge in [-0.15, -0.1) is 9.79 Å². The number of aromatic nitrogens is 2. The van der Waals surface area contributed by atoms with E-state index in [1.165, 1.54) is 30.5 Å². The zero-order chi connectivity index (χ0) is 12.3. The van der Waals surface area contributed by atoms with Gasteiger partial charge in [-0.1, -0.05) is 5.22 Å². The largest absolute Gasteiger partial charge is 0.508 e. The van der Waals surface area contributed by atoms with Gasteiger partial charge in [0.1, 0.15) is 5.75 Å². The Morgan fingerprint density at radius 2 is 1.82 bits per heavy atom. The minimum atomic E-state index is -0.667. The molecule has 0 spiro atoms. The maximum Gasteiger partial charge on any atom is 0.350 e. The van der Waals surface area contributed by atoms with Gasteiger partial charge in [-0.25, -0.2) is 4.79 Å². The first-order valence-electron chi connectivity index (χ1n) is 4.68. The number of rotatable bonds is 2. The zero-order valence-electron chi connectivity index (χ0n) is 8.57. The second-order valence-corrected chi connectivity index (χ2v) is 3.14. The fourth-order valence-electron chi connectivity index (χ4n) is 1.12. The van der Waals surface area contributed by atoms with E-state index in [0.717, 1.165) is 6.07 Å². The van der Waals surface area contributed by atoms with Crippen LogP contribution in [0.5, 0.6) is 5.75 Å². The molecule has 0 saturated heterocycles. The summed E-state index contributed by atoms with van der Waals surface area (Å²) in [5, 5.41) is 16.3. The van der Waals surface area contributed by atoms with Crippen LogP contribution in [-0.4, -0.2) is 14.8 Å². The van der Waals surface area contributed by atoms with Crippen LogP contribution >= 0.6 is 0 Å². The summed E-state index contributed by atoms with van der Waals surface area (Å²) < 4.78 is 0.604. The van der Waals surface area contributed by atoms with Crippen LogP contribution in [0.25, 0.3) is 0 Å². The predicted octanol–water partition coefficient (Wildman–Crippen LogP) is 0.789. The molecular formula is C10H8N4O3. The van der Waals surface area contributed by atoms with Crippen LogP contribution in [0, 0.1) is 0 Å². The summed E-state index contributed by atoms with van der Waals surface area (Å²) in [6, 6.07) is 7.01. The molecule has 0 unspecified atom stereocenters. The first kappa shape index (κ1) is 10.8. The van der Waals surface area contributed by atoms with E-state index in [0.29, 0.717) is 10.4 Å². The number of hydrogen-bond donors (Lipinski definition) is 2.